The SMILES string of the molecule is COc1cc(OC)c(C(O)C(F)(F)C(F)(F)F)c(OC)c1. The van der Waals surface area contributed by atoms with Gasteiger partial charge in [0.05, 0.1) is 26.9 Å². The van der Waals surface area contributed by atoms with Crippen molar-refractivity contribution in [2.45, 2.75) is 18.2 Å². The third kappa shape index (κ3) is 3.12. The maximum atomic E-state index is 13.3. The van der Waals surface area contributed by atoms with Crippen molar-refractivity contribution < 1.29 is 41.3 Å². The summed E-state index contributed by atoms with van der Waals surface area (Å²) in [6.07, 6.45) is -9.11. The Hall–Kier alpha value is -1.77. The van der Waals surface area contributed by atoms with Gasteiger partial charge in [-0.05, 0) is 0 Å². The van der Waals surface area contributed by atoms with E-state index in [0.717, 1.165) is 26.4 Å². The molecule has 1 atom stereocenters. The molecule has 9 heteroatoms. The highest BCUT2D eigenvalue weighted by atomic mass is 19.4. The predicted molar refractivity (Wildman–Crippen MR) is 62.1 cm³/mol. The van der Waals surface area contributed by atoms with Gasteiger partial charge in [0, 0.05) is 12.1 Å². The fourth-order valence-corrected chi connectivity index (χ4v) is 1.64. The minimum Gasteiger partial charge on any atom is -0.496 e. The van der Waals surface area contributed by atoms with Crippen LogP contribution >= 0.6 is 0 Å². The van der Waals surface area contributed by atoms with Crippen molar-refractivity contribution >= 4 is 0 Å². The van der Waals surface area contributed by atoms with Crippen LogP contribution in [-0.4, -0.2) is 38.5 Å². The summed E-state index contributed by atoms with van der Waals surface area (Å²) in [6.45, 7) is 0. The van der Waals surface area contributed by atoms with E-state index in [4.69, 9.17) is 14.2 Å². The third-order valence-corrected chi connectivity index (χ3v) is 2.75. The maximum absolute atomic E-state index is 13.3. The molecule has 0 aliphatic rings. The molecule has 120 valence electrons. The van der Waals surface area contributed by atoms with Crippen molar-refractivity contribution in [1.29, 1.82) is 0 Å². The van der Waals surface area contributed by atoms with E-state index in [9.17, 15) is 27.1 Å². The van der Waals surface area contributed by atoms with Gasteiger partial charge in [0.15, 0.2) is 6.10 Å². The normalized spacial score (nSPS) is 13.8. The average molecular weight is 316 g/mol. The van der Waals surface area contributed by atoms with E-state index in [-0.39, 0.29) is 5.75 Å². The molecule has 0 saturated heterocycles. The summed E-state index contributed by atoms with van der Waals surface area (Å²) in [5.41, 5.74) is -0.817. The molecule has 0 spiro atoms. The minimum absolute atomic E-state index is 0.106. The summed E-state index contributed by atoms with van der Waals surface area (Å²) in [5, 5.41) is 9.50. The van der Waals surface area contributed by atoms with Crippen LogP contribution in [0.5, 0.6) is 17.2 Å². The molecule has 0 aliphatic heterocycles. The van der Waals surface area contributed by atoms with Crippen LogP contribution in [0.15, 0.2) is 12.1 Å². The highest BCUT2D eigenvalue weighted by Gasteiger charge is 2.63. The van der Waals surface area contributed by atoms with Crippen LogP contribution in [0, 0.1) is 0 Å². The largest absolute Gasteiger partial charge is 0.496 e. The molecule has 1 unspecified atom stereocenters. The summed E-state index contributed by atoms with van der Waals surface area (Å²) in [6, 6.07) is 2.13. The van der Waals surface area contributed by atoms with Gasteiger partial charge in [0.25, 0.3) is 0 Å². The van der Waals surface area contributed by atoms with Crippen molar-refractivity contribution in [2.24, 2.45) is 0 Å². The number of ether oxygens (including phenoxy) is 3. The summed E-state index contributed by atoms with van der Waals surface area (Å²) < 4.78 is 78.0. The Bertz CT molecular complexity index is 476. The predicted octanol–water partition coefficient (Wildman–Crippen LogP) is 2.94. The Morgan fingerprint density at radius 3 is 1.62 bits per heavy atom. The molecule has 1 rings (SSSR count). The second-order valence-electron chi connectivity index (χ2n) is 3.97. The molecule has 0 bridgehead atoms. The quantitative estimate of drug-likeness (QED) is 0.849. The van der Waals surface area contributed by atoms with E-state index in [1.54, 1.807) is 0 Å². The molecule has 0 fully saturated rings. The molecule has 0 aromatic heterocycles. The lowest BCUT2D eigenvalue weighted by Gasteiger charge is -2.27. The highest BCUT2D eigenvalue weighted by molar-refractivity contribution is 5.52. The summed E-state index contributed by atoms with van der Waals surface area (Å²) in [4.78, 5) is 0. The number of alkyl halides is 5. The molecule has 0 heterocycles. The van der Waals surface area contributed by atoms with Gasteiger partial charge in [-0.1, -0.05) is 0 Å². The summed E-state index contributed by atoms with van der Waals surface area (Å²) in [5.74, 6) is -6.09. The van der Waals surface area contributed by atoms with Crippen molar-refractivity contribution in [3.63, 3.8) is 0 Å². The first kappa shape index (κ1) is 17.3. The molecule has 21 heavy (non-hydrogen) atoms. The zero-order valence-electron chi connectivity index (χ0n) is 11.3. The minimum atomic E-state index is -5.93. The average Bonchev–Trinajstić information content (AvgIpc) is 2.43. The lowest BCUT2D eigenvalue weighted by Crippen LogP contribution is -2.42. The Kier molecular flexibility index (Phi) is 4.87. The van der Waals surface area contributed by atoms with Crippen LogP contribution in [0.3, 0.4) is 0 Å². The zero-order chi connectivity index (χ0) is 16.4. The standard InChI is InChI=1S/C12H13F5O4/c1-19-6-4-7(20-2)9(8(5-6)21-3)10(18)11(13,14)12(15,16)17/h4-5,10,18H,1-3H3. The molecule has 4 nitrogen and oxygen atoms in total. The fourth-order valence-electron chi connectivity index (χ4n) is 1.64. The second kappa shape index (κ2) is 5.92. The van der Waals surface area contributed by atoms with E-state index in [2.05, 4.69) is 0 Å². The Labute approximate surface area is 117 Å². The first-order chi connectivity index (χ1) is 9.60. The number of halogens is 5. The van der Waals surface area contributed by atoms with Gasteiger partial charge in [-0.25, -0.2) is 0 Å². The van der Waals surface area contributed by atoms with E-state index in [0.29, 0.717) is 0 Å². The Morgan fingerprint density at radius 1 is 0.905 bits per heavy atom. The first-order valence-corrected chi connectivity index (χ1v) is 5.52. The molecule has 0 saturated carbocycles. The van der Waals surface area contributed by atoms with Gasteiger partial charge in [0.1, 0.15) is 17.2 Å². The smallest absolute Gasteiger partial charge is 0.456 e. The summed E-state index contributed by atoms with van der Waals surface area (Å²) >= 11 is 0. The number of methoxy groups -OCH3 is 3. The lowest BCUT2D eigenvalue weighted by atomic mass is 10.0. The van der Waals surface area contributed by atoms with Crippen molar-refractivity contribution in [2.75, 3.05) is 21.3 Å². The number of rotatable bonds is 5. The van der Waals surface area contributed by atoms with Crippen LogP contribution < -0.4 is 14.2 Å². The number of hydrogen-bond acceptors (Lipinski definition) is 4. The molecular weight excluding hydrogens is 303 g/mol. The third-order valence-electron chi connectivity index (χ3n) is 2.75. The number of hydrogen-bond donors (Lipinski definition) is 1. The van der Waals surface area contributed by atoms with Crippen molar-refractivity contribution in [3.8, 4) is 17.2 Å². The second-order valence-corrected chi connectivity index (χ2v) is 3.97. The van der Waals surface area contributed by atoms with E-state index in [1.807, 2.05) is 0 Å². The van der Waals surface area contributed by atoms with E-state index >= 15 is 0 Å². The van der Waals surface area contributed by atoms with Gasteiger partial charge >= 0.3 is 12.1 Å². The zero-order valence-corrected chi connectivity index (χ0v) is 11.3. The van der Waals surface area contributed by atoms with Crippen molar-refractivity contribution in [1.82, 2.24) is 0 Å². The van der Waals surface area contributed by atoms with Crippen LogP contribution in [0.25, 0.3) is 0 Å². The molecular formula is C12H13F5O4. The van der Waals surface area contributed by atoms with Crippen LogP contribution in [0.1, 0.15) is 11.7 Å². The number of benzene rings is 1. The topological polar surface area (TPSA) is 47.9 Å². The summed E-state index contributed by atoms with van der Waals surface area (Å²) in [7, 11) is 3.36. The molecule has 0 radical (unpaired) electrons. The van der Waals surface area contributed by atoms with Gasteiger partial charge in [-0.2, -0.15) is 22.0 Å². The number of aliphatic hydroxyl groups excluding tert-OH is 1. The first-order valence-electron chi connectivity index (χ1n) is 5.52. The number of aliphatic hydroxyl groups is 1. The Morgan fingerprint density at radius 2 is 1.33 bits per heavy atom. The highest BCUT2D eigenvalue weighted by Crippen LogP contribution is 2.49. The van der Waals surface area contributed by atoms with Gasteiger partial charge in [-0.3, -0.25) is 0 Å². The van der Waals surface area contributed by atoms with E-state index in [1.165, 1.54) is 7.11 Å². The lowest BCUT2D eigenvalue weighted by molar-refractivity contribution is -0.315. The molecule has 0 amide bonds. The molecule has 1 aromatic carbocycles. The van der Waals surface area contributed by atoms with Crippen LogP contribution in [0.4, 0.5) is 22.0 Å². The van der Waals surface area contributed by atoms with Gasteiger partial charge in [-0.15, -0.1) is 0 Å². The molecule has 1 N–H and O–H groups in total. The van der Waals surface area contributed by atoms with E-state index < -0.39 is 35.3 Å². The van der Waals surface area contributed by atoms with Crippen LogP contribution in [-0.2, 0) is 0 Å². The Balaban J connectivity index is 3.47. The molecule has 0 aliphatic carbocycles. The van der Waals surface area contributed by atoms with Crippen molar-refractivity contribution in [3.05, 3.63) is 17.7 Å². The van der Waals surface area contributed by atoms with Gasteiger partial charge < -0.3 is 19.3 Å². The molecule has 1 aromatic rings. The van der Waals surface area contributed by atoms with Gasteiger partial charge in [0.2, 0.25) is 0 Å². The fraction of sp³-hybridized carbons (Fsp3) is 0.500. The monoisotopic (exact) mass is 316 g/mol. The van der Waals surface area contributed by atoms with Crippen LogP contribution in [0.2, 0.25) is 0 Å². The maximum Gasteiger partial charge on any atom is 0.456 e.